The van der Waals surface area contributed by atoms with E-state index in [0.717, 1.165) is 5.57 Å². The molecule has 5 heteroatoms. The maximum Gasteiger partial charge on any atom is 0.340 e. The minimum Gasteiger partial charge on any atom is -0.458 e. The molecular formula is C16H15ClO4. The molecule has 1 aliphatic heterocycles. The van der Waals surface area contributed by atoms with Crippen LogP contribution in [-0.4, -0.2) is 24.1 Å². The van der Waals surface area contributed by atoms with E-state index in [4.69, 9.17) is 21.1 Å². The van der Waals surface area contributed by atoms with Crippen LogP contribution in [0.4, 0.5) is 0 Å². The molecule has 3 atom stereocenters. The summed E-state index contributed by atoms with van der Waals surface area (Å²) < 4.78 is 10.8. The van der Waals surface area contributed by atoms with E-state index >= 15 is 0 Å². The molecule has 0 unspecified atom stereocenters. The van der Waals surface area contributed by atoms with E-state index in [2.05, 4.69) is 0 Å². The number of hydrogen-bond acceptors (Lipinski definition) is 4. The van der Waals surface area contributed by atoms with E-state index in [-0.39, 0.29) is 24.1 Å². The van der Waals surface area contributed by atoms with Crippen molar-refractivity contribution in [2.45, 2.75) is 32.0 Å². The maximum absolute atomic E-state index is 12.2. The van der Waals surface area contributed by atoms with Crippen LogP contribution < -0.4 is 0 Å². The Labute approximate surface area is 127 Å². The molecule has 0 N–H and O–H groups in total. The van der Waals surface area contributed by atoms with Crippen molar-refractivity contribution in [2.24, 2.45) is 5.92 Å². The van der Waals surface area contributed by atoms with E-state index in [0.29, 0.717) is 23.4 Å². The fraction of sp³-hybridized carbons (Fsp3) is 0.375. The van der Waals surface area contributed by atoms with E-state index < -0.39 is 5.97 Å². The van der Waals surface area contributed by atoms with Crippen LogP contribution in [0.25, 0.3) is 0 Å². The van der Waals surface area contributed by atoms with Crippen molar-refractivity contribution < 1.29 is 19.1 Å². The van der Waals surface area contributed by atoms with Gasteiger partial charge in [-0.2, -0.15) is 0 Å². The Morgan fingerprint density at radius 2 is 2.14 bits per heavy atom. The van der Waals surface area contributed by atoms with Crippen molar-refractivity contribution in [3.63, 3.8) is 0 Å². The molecule has 1 aromatic rings. The average molecular weight is 307 g/mol. The van der Waals surface area contributed by atoms with Crippen LogP contribution in [-0.2, 0) is 14.3 Å². The third-order valence-electron chi connectivity index (χ3n) is 3.96. The first-order chi connectivity index (χ1) is 10.0. The normalized spacial score (nSPS) is 27.6. The summed E-state index contributed by atoms with van der Waals surface area (Å²) in [5.41, 5.74) is 1.26. The standard InChI is InChI=1S/C16H15ClO4/c1-9-6-14-10(8-15(18)20-14)7-13(9)21-16(19)11-4-2-3-5-12(11)17/h2-6,10,13-14H,7-8H2,1H3/t10-,13-,14-/m1/s1. The Morgan fingerprint density at radius 1 is 1.38 bits per heavy atom. The Bertz CT molecular complexity index is 622. The van der Waals surface area contributed by atoms with Gasteiger partial charge in [-0.15, -0.1) is 0 Å². The first-order valence-electron chi connectivity index (χ1n) is 6.88. The minimum absolute atomic E-state index is 0.0882. The van der Waals surface area contributed by atoms with Crippen LogP contribution in [0.1, 0.15) is 30.1 Å². The maximum atomic E-state index is 12.2. The van der Waals surface area contributed by atoms with Gasteiger partial charge >= 0.3 is 11.9 Å². The smallest absolute Gasteiger partial charge is 0.340 e. The summed E-state index contributed by atoms with van der Waals surface area (Å²) in [7, 11) is 0. The van der Waals surface area contributed by atoms with E-state index in [9.17, 15) is 9.59 Å². The van der Waals surface area contributed by atoms with Crippen LogP contribution in [0.3, 0.4) is 0 Å². The van der Waals surface area contributed by atoms with Gasteiger partial charge in [0.2, 0.25) is 0 Å². The highest BCUT2D eigenvalue weighted by atomic mass is 35.5. The molecule has 0 saturated carbocycles. The quantitative estimate of drug-likeness (QED) is 0.622. The third-order valence-corrected chi connectivity index (χ3v) is 4.29. The highest BCUT2D eigenvalue weighted by Crippen LogP contribution is 2.35. The van der Waals surface area contributed by atoms with Crippen LogP contribution in [0.15, 0.2) is 35.9 Å². The third kappa shape index (κ3) is 2.81. The number of esters is 2. The lowest BCUT2D eigenvalue weighted by Crippen LogP contribution is -2.30. The zero-order chi connectivity index (χ0) is 15.0. The fourth-order valence-electron chi connectivity index (χ4n) is 2.80. The van der Waals surface area contributed by atoms with Gasteiger partial charge < -0.3 is 9.47 Å². The number of hydrogen-bond donors (Lipinski definition) is 0. The molecule has 21 heavy (non-hydrogen) atoms. The van der Waals surface area contributed by atoms with Crippen LogP contribution in [0.2, 0.25) is 5.02 Å². The average Bonchev–Trinajstić information content (AvgIpc) is 2.78. The molecule has 1 aliphatic carbocycles. The number of carbonyl (C=O) groups excluding carboxylic acids is 2. The Morgan fingerprint density at radius 3 is 2.90 bits per heavy atom. The predicted octanol–water partition coefficient (Wildman–Crippen LogP) is 3.15. The topological polar surface area (TPSA) is 52.6 Å². The first-order valence-corrected chi connectivity index (χ1v) is 7.25. The summed E-state index contributed by atoms with van der Waals surface area (Å²) >= 11 is 6.00. The summed E-state index contributed by atoms with van der Waals surface area (Å²) in [6.07, 6.45) is 2.37. The first kappa shape index (κ1) is 14.1. The highest BCUT2D eigenvalue weighted by molar-refractivity contribution is 6.33. The second kappa shape index (κ2) is 5.53. The number of rotatable bonds is 2. The van der Waals surface area contributed by atoms with Gasteiger partial charge in [-0.25, -0.2) is 4.79 Å². The van der Waals surface area contributed by atoms with Crippen LogP contribution in [0, 0.1) is 5.92 Å². The SMILES string of the molecule is CC1=C[C@H]2OC(=O)C[C@H]2C[C@H]1OC(=O)c1ccccc1Cl. The van der Waals surface area contributed by atoms with Crippen LogP contribution in [0.5, 0.6) is 0 Å². The molecule has 0 bridgehead atoms. The van der Waals surface area contributed by atoms with Crippen molar-refractivity contribution in [3.05, 3.63) is 46.5 Å². The number of fused-ring (bicyclic) bond motifs is 1. The van der Waals surface area contributed by atoms with Gasteiger partial charge in [0.15, 0.2) is 0 Å². The lowest BCUT2D eigenvalue weighted by atomic mass is 9.85. The van der Waals surface area contributed by atoms with E-state index in [1.807, 2.05) is 13.0 Å². The van der Waals surface area contributed by atoms with Crippen LogP contribution >= 0.6 is 11.6 Å². The predicted molar refractivity (Wildman–Crippen MR) is 77.0 cm³/mol. The van der Waals surface area contributed by atoms with Gasteiger partial charge in [-0.1, -0.05) is 23.7 Å². The molecule has 1 aromatic carbocycles. The summed E-state index contributed by atoms with van der Waals surface area (Å²) in [5.74, 6) is -0.542. The largest absolute Gasteiger partial charge is 0.458 e. The van der Waals surface area contributed by atoms with Crippen molar-refractivity contribution in [3.8, 4) is 0 Å². The monoisotopic (exact) mass is 306 g/mol. The number of benzene rings is 1. The van der Waals surface area contributed by atoms with E-state index in [1.165, 1.54) is 0 Å². The van der Waals surface area contributed by atoms with Gasteiger partial charge in [0.1, 0.15) is 12.2 Å². The second-order valence-electron chi connectivity index (χ2n) is 5.44. The highest BCUT2D eigenvalue weighted by Gasteiger charge is 2.40. The summed E-state index contributed by atoms with van der Waals surface area (Å²) in [6.45, 7) is 1.88. The minimum atomic E-state index is -0.443. The summed E-state index contributed by atoms with van der Waals surface area (Å²) in [4.78, 5) is 23.5. The molecular weight excluding hydrogens is 292 g/mol. The molecule has 0 radical (unpaired) electrons. The fourth-order valence-corrected chi connectivity index (χ4v) is 3.01. The van der Waals surface area contributed by atoms with Gasteiger partial charge in [0.05, 0.1) is 17.0 Å². The Kier molecular flexibility index (Phi) is 3.72. The van der Waals surface area contributed by atoms with Crippen molar-refractivity contribution >= 4 is 23.5 Å². The van der Waals surface area contributed by atoms with Gasteiger partial charge in [0.25, 0.3) is 0 Å². The van der Waals surface area contributed by atoms with Gasteiger partial charge in [-0.3, -0.25) is 4.79 Å². The Hall–Kier alpha value is -1.81. The number of ether oxygens (including phenoxy) is 2. The summed E-state index contributed by atoms with van der Waals surface area (Å²) in [6, 6.07) is 6.79. The van der Waals surface area contributed by atoms with Crippen molar-refractivity contribution in [1.29, 1.82) is 0 Å². The molecule has 0 amide bonds. The van der Waals surface area contributed by atoms with Gasteiger partial charge in [-0.05, 0) is 37.1 Å². The summed E-state index contributed by atoms with van der Waals surface area (Å²) in [5, 5.41) is 0.372. The molecule has 0 spiro atoms. The second-order valence-corrected chi connectivity index (χ2v) is 5.85. The zero-order valence-electron chi connectivity index (χ0n) is 11.5. The lowest BCUT2D eigenvalue weighted by Gasteiger charge is -2.28. The number of halogens is 1. The molecule has 4 nitrogen and oxygen atoms in total. The lowest BCUT2D eigenvalue weighted by molar-refractivity contribution is -0.140. The zero-order valence-corrected chi connectivity index (χ0v) is 12.3. The van der Waals surface area contributed by atoms with E-state index in [1.54, 1.807) is 24.3 Å². The number of carbonyl (C=O) groups is 2. The molecule has 2 aliphatic rings. The Balaban J connectivity index is 1.74. The molecule has 3 rings (SSSR count). The molecule has 1 fully saturated rings. The van der Waals surface area contributed by atoms with Crippen molar-refractivity contribution in [1.82, 2.24) is 0 Å². The van der Waals surface area contributed by atoms with Crippen molar-refractivity contribution in [2.75, 3.05) is 0 Å². The van der Waals surface area contributed by atoms with Gasteiger partial charge in [0, 0.05) is 5.92 Å². The molecule has 110 valence electrons. The molecule has 1 heterocycles. The molecule has 0 aromatic heterocycles. The molecule has 1 saturated heterocycles.